The van der Waals surface area contributed by atoms with Gasteiger partial charge >= 0.3 is 0 Å². The molecule has 3 heterocycles. The molecule has 128 valence electrons. The molecule has 0 spiro atoms. The van der Waals surface area contributed by atoms with Gasteiger partial charge in [0.25, 0.3) is 5.91 Å². The summed E-state index contributed by atoms with van der Waals surface area (Å²) in [7, 11) is 4.01. The van der Waals surface area contributed by atoms with Gasteiger partial charge in [-0.15, -0.1) is 0 Å². The molecule has 2 aromatic rings. The average Bonchev–Trinajstić information content (AvgIpc) is 3.06. The first kappa shape index (κ1) is 15.8. The number of aromatic nitrogens is 3. The molecule has 1 N–H and O–H groups in total. The van der Waals surface area contributed by atoms with Crippen LogP contribution >= 0.6 is 11.6 Å². The van der Waals surface area contributed by atoms with Gasteiger partial charge < -0.3 is 15.0 Å². The number of carbonyl (C=O) groups excluding carboxylic acids is 1. The Kier molecular flexibility index (Phi) is 3.74. The molecule has 4 rings (SSSR count). The van der Waals surface area contributed by atoms with Crippen molar-refractivity contribution >= 4 is 23.2 Å². The lowest BCUT2D eigenvalue weighted by Crippen LogP contribution is -2.69. The first-order valence-corrected chi connectivity index (χ1v) is 8.44. The van der Waals surface area contributed by atoms with Gasteiger partial charge in [-0.1, -0.05) is 11.6 Å². The summed E-state index contributed by atoms with van der Waals surface area (Å²) in [6.07, 6.45) is 4.68. The number of rotatable bonds is 3. The zero-order chi connectivity index (χ0) is 17.0. The fraction of sp³-hybridized carbons (Fsp3) is 0.562. The number of nitrogens with one attached hydrogen (secondary N) is 1. The molecule has 0 aromatic carbocycles. The predicted octanol–water partition coefficient (Wildman–Crippen LogP) is 1.14. The number of fused-ring (bicyclic) bond motifs is 2. The van der Waals surface area contributed by atoms with E-state index in [1.54, 1.807) is 16.9 Å². The Hall–Kier alpha value is -1.70. The van der Waals surface area contributed by atoms with Crippen molar-refractivity contribution < 1.29 is 9.53 Å². The monoisotopic (exact) mass is 349 g/mol. The summed E-state index contributed by atoms with van der Waals surface area (Å²) in [5.41, 5.74) is 1.66. The van der Waals surface area contributed by atoms with Crippen molar-refractivity contribution in [2.75, 3.05) is 20.7 Å². The van der Waals surface area contributed by atoms with Gasteiger partial charge in [0.2, 0.25) is 0 Å². The number of likely N-dealkylation sites (N-methyl/N-ethyl adjacent to an activating group) is 1. The molecular formula is C16H20ClN5O2. The van der Waals surface area contributed by atoms with Crippen LogP contribution in [0.25, 0.3) is 5.65 Å². The summed E-state index contributed by atoms with van der Waals surface area (Å²) in [6.45, 7) is 2.67. The molecular weight excluding hydrogens is 330 g/mol. The Morgan fingerprint density at radius 2 is 2.29 bits per heavy atom. The summed E-state index contributed by atoms with van der Waals surface area (Å²) >= 11 is 6.32. The summed E-state index contributed by atoms with van der Waals surface area (Å²) in [5, 5.41) is 7.69. The van der Waals surface area contributed by atoms with E-state index in [2.05, 4.69) is 20.3 Å². The van der Waals surface area contributed by atoms with Crippen LogP contribution in [0.3, 0.4) is 0 Å². The van der Waals surface area contributed by atoms with Crippen LogP contribution in [0.4, 0.5) is 0 Å². The number of ether oxygens (including phenoxy) is 1. The number of aryl methyl sites for hydroxylation is 1. The van der Waals surface area contributed by atoms with E-state index in [1.165, 1.54) is 0 Å². The number of halogens is 1. The predicted molar refractivity (Wildman–Crippen MR) is 89.3 cm³/mol. The molecule has 4 atom stereocenters. The number of hydrogen-bond acceptors (Lipinski definition) is 5. The van der Waals surface area contributed by atoms with E-state index in [9.17, 15) is 4.79 Å². The van der Waals surface area contributed by atoms with E-state index >= 15 is 0 Å². The molecule has 8 heteroatoms. The Morgan fingerprint density at radius 1 is 1.50 bits per heavy atom. The second-order valence-corrected chi connectivity index (χ2v) is 7.18. The Labute approximate surface area is 144 Å². The zero-order valence-corrected chi connectivity index (χ0v) is 14.6. The van der Waals surface area contributed by atoms with Gasteiger partial charge in [0.15, 0.2) is 11.3 Å². The highest BCUT2D eigenvalue weighted by molar-refractivity contribution is 6.36. The van der Waals surface area contributed by atoms with E-state index < -0.39 is 0 Å². The fourth-order valence-electron chi connectivity index (χ4n) is 3.85. The lowest BCUT2D eigenvalue weighted by Gasteiger charge is -2.50. The second-order valence-electron chi connectivity index (χ2n) is 6.80. The molecule has 1 aliphatic heterocycles. The summed E-state index contributed by atoms with van der Waals surface area (Å²) in [5.74, 6) is 0.0999. The van der Waals surface area contributed by atoms with E-state index in [-0.39, 0.29) is 34.8 Å². The normalized spacial score (nSPS) is 28.9. The minimum atomic E-state index is -0.259. The minimum absolute atomic E-state index is 0.0515. The third-order valence-electron chi connectivity index (χ3n) is 5.00. The zero-order valence-electron chi connectivity index (χ0n) is 13.9. The third-order valence-corrected chi connectivity index (χ3v) is 5.35. The largest absolute Gasteiger partial charge is 0.376 e. The van der Waals surface area contributed by atoms with Crippen molar-refractivity contribution in [1.29, 1.82) is 0 Å². The number of nitrogens with zero attached hydrogens (tertiary/aromatic N) is 4. The maximum absolute atomic E-state index is 12.7. The lowest BCUT2D eigenvalue weighted by molar-refractivity contribution is -0.0664. The second kappa shape index (κ2) is 5.68. The highest BCUT2D eigenvalue weighted by Gasteiger charge is 2.55. The Morgan fingerprint density at radius 3 is 3.04 bits per heavy atom. The van der Waals surface area contributed by atoms with Gasteiger partial charge in [-0.2, -0.15) is 5.10 Å². The Bertz CT molecular complexity index is 805. The van der Waals surface area contributed by atoms with Gasteiger partial charge in [0, 0.05) is 24.9 Å². The van der Waals surface area contributed by atoms with Gasteiger partial charge in [-0.3, -0.25) is 4.79 Å². The van der Waals surface area contributed by atoms with Crippen LogP contribution < -0.4 is 5.32 Å². The molecule has 1 aliphatic carbocycles. The van der Waals surface area contributed by atoms with Crippen LogP contribution in [-0.4, -0.2) is 64.3 Å². The van der Waals surface area contributed by atoms with Crippen molar-refractivity contribution in [2.24, 2.45) is 5.92 Å². The van der Waals surface area contributed by atoms with Crippen LogP contribution in [0.1, 0.15) is 22.5 Å². The van der Waals surface area contributed by atoms with Crippen LogP contribution in [-0.2, 0) is 4.74 Å². The summed E-state index contributed by atoms with van der Waals surface area (Å²) in [6, 6.07) is 0.230. The molecule has 0 unspecified atom stereocenters. The van der Waals surface area contributed by atoms with E-state index in [0.717, 1.165) is 18.6 Å². The molecule has 24 heavy (non-hydrogen) atoms. The molecule has 2 aliphatic rings. The standard InChI is InChI=1S/C16H20ClN5O2/c1-8-6-18-15-10(17)12(20-22(15)7-8)16(23)19-11-9-4-5-24-14(9)13(11)21(2)3/h6-7,9,11,13-14H,4-5H2,1-3H3,(H,19,23)/t9-,11+,13-,14-/m1/s1. The number of amides is 1. The highest BCUT2D eigenvalue weighted by atomic mass is 35.5. The van der Waals surface area contributed by atoms with E-state index in [4.69, 9.17) is 16.3 Å². The molecule has 2 fully saturated rings. The van der Waals surface area contributed by atoms with Gasteiger partial charge in [-0.25, -0.2) is 9.50 Å². The summed E-state index contributed by atoms with van der Waals surface area (Å²) < 4.78 is 7.33. The lowest BCUT2D eigenvalue weighted by atomic mass is 9.71. The maximum atomic E-state index is 12.7. The quantitative estimate of drug-likeness (QED) is 0.899. The summed E-state index contributed by atoms with van der Waals surface area (Å²) in [4.78, 5) is 19.1. The van der Waals surface area contributed by atoms with Crippen LogP contribution in [0.15, 0.2) is 12.4 Å². The van der Waals surface area contributed by atoms with Gasteiger partial charge in [-0.05, 0) is 33.0 Å². The molecule has 1 saturated heterocycles. The fourth-order valence-corrected chi connectivity index (χ4v) is 4.11. The van der Waals surface area contributed by atoms with Crippen molar-refractivity contribution in [3.8, 4) is 0 Å². The van der Waals surface area contributed by atoms with E-state index in [0.29, 0.717) is 11.6 Å². The van der Waals surface area contributed by atoms with Crippen LogP contribution in [0.2, 0.25) is 5.02 Å². The molecule has 1 saturated carbocycles. The Balaban J connectivity index is 1.59. The average molecular weight is 350 g/mol. The number of carbonyl (C=O) groups is 1. The molecule has 1 amide bonds. The van der Waals surface area contributed by atoms with Crippen molar-refractivity contribution in [2.45, 2.75) is 31.5 Å². The highest BCUT2D eigenvalue weighted by Crippen LogP contribution is 2.41. The van der Waals surface area contributed by atoms with Gasteiger partial charge in [0.1, 0.15) is 5.02 Å². The molecule has 2 aromatic heterocycles. The van der Waals surface area contributed by atoms with Crippen molar-refractivity contribution in [3.05, 3.63) is 28.7 Å². The van der Waals surface area contributed by atoms with Gasteiger partial charge in [0.05, 0.1) is 18.2 Å². The topological polar surface area (TPSA) is 71.8 Å². The SMILES string of the molecule is Cc1cnc2c(Cl)c(C(=O)N[C@H]3[C@H]4CCO[C@H]4[C@@H]3N(C)C)nn2c1. The number of hydrogen-bond donors (Lipinski definition) is 1. The molecule has 0 bridgehead atoms. The maximum Gasteiger partial charge on any atom is 0.273 e. The first-order valence-electron chi connectivity index (χ1n) is 8.06. The molecule has 7 nitrogen and oxygen atoms in total. The van der Waals surface area contributed by atoms with E-state index in [1.807, 2.05) is 21.0 Å². The molecule has 0 radical (unpaired) electrons. The van der Waals surface area contributed by atoms with Crippen LogP contribution in [0.5, 0.6) is 0 Å². The third kappa shape index (κ3) is 2.30. The smallest absolute Gasteiger partial charge is 0.273 e. The minimum Gasteiger partial charge on any atom is -0.376 e. The van der Waals surface area contributed by atoms with Crippen molar-refractivity contribution in [3.63, 3.8) is 0 Å². The van der Waals surface area contributed by atoms with Crippen LogP contribution in [0, 0.1) is 12.8 Å². The van der Waals surface area contributed by atoms with Crippen molar-refractivity contribution in [1.82, 2.24) is 24.8 Å². The first-order chi connectivity index (χ1) is 11.5.